The van der Waals surface area contributed by atoms with Crippen molar-refractivity contribution in [1.82, 2.24) is 0 Å². The van der Waals surface area contributed by atoms with Gasteiger partial charge >= 0.3 is 0 Å². The number of hydrogen-bond donors (Lipinski definition) is 0. The van der Waals surface area contributed by atoms with Crippen LogP contribution in [0.4, 0.5) is 0 Å². The van der Waals surface area contributed by atoms with Crippen LogP contribution in [0, 0.1) is 13.8 Å². The van der Waals surface area contributed by atoms with Gasteiger partial charge in [-0.05, 0) is 51.0 Å². The predicted molar refractivity (Wildman–Crippen MR) is 95.2 cm³/mol. The predicted octanol–water partition coefficient (Wildman–Crippen LogP) is 5.83. The van der Waals surface area contributed by atoms with Crippen molar-refractivity contribution in [3.05, 3.63) is 59.7 Å². The number of unbranched alkanes of at least 4 members (excludes halogenated alkanes) is 1. The molecule has 0 unspecified atom stereocenters. The Balaban J connectivity index is 1.47. The fourth-order valence-electron chi connectivity index (χ4n) is 1.73. The molecule has 0 aliphatic rings. The zero-order chi connectivity index (χ0) is 15.6. The lowest BCUT2D eigenvalue weighted by Crippen LogP contribution is -1.92. The average molecular weight is 335 g/mol. The van der Waals surface area contributed by atoms with E-state index in [2.05, 4.69) is 62.4 Å². The summed E-state index contributed by atoms with van der Waals surface area (Å²) in [6.45, 7) is 5.67. The van der Waals surface area contributed by atoms with Crippen molar-refractivity contribution in [3.63, 3.8) is 0 Å². The summed E-state index contributed by atoms with van der Waals surface area (Å²) < 4.78 is 11.2. The van der Waals surface area contributed by atoms with Crippen molar-refractivity contribution in [3.8, 4) is 0 Å². The summed E-state index contributed by atoms with van der Waals surface area (Å²) in [6.07, 6.45) is 2.01. The Morgan fingerprint density at radius 1 is 0.636 bits per heavy atom. The summed E-state index contributed by atoms with van der Waals surface area (Å²) >= 11 is 2.89. The van der Waals surface area contributed by atoms with E-state index in [1.54, 1.807) is 0 Å². The van der Waals surface area contributed by atoms with E-state index in [9.17, 15) is 0 Å². The van der Waals surface area contributed by atoms with Gasteiger partial charge in [0, 0.05) is 33.9 Å². The second kappa shape index (κ2) is 9.95. The molecule has 2 aromatic rings. The van der Waals surface area contributed by atoms with Gasteiger partial charge in [-0.3, -0.25) is 0 Å². The van der Waals surface area contributed by atoms with Crippen molar-refractivity contribution in [2.75, 3.05) is 13.2 Å². The lowest BCUT2D eigenvalue weighted by atomic mass is 10.2. The van der Waals surface area contributed by atoms with Crippen molar-refractivity contribution >= 4 is 24.1 Å². The third kappa shape index (κ3) is 6.88. The molecule has 2 aromatic carbocycles. The third-order valence-electron chi connectivity index (χ3n) is 3.06. The monoisotopic (exact) mass is 334 g/mol. The van der Waals surface area contributed by atoms with Gasteiger partial charge in [-0.15, -0.1) is 0 Å². The van der Waals surface area contributed by atoms with Crippen LogP contribution < -0.4 is 0 Å². The van der Waals surface area contributed by atoms with Gasteiger partial charge in [0.2, 0.25) is 0 Å². The Kier molecular flexibility index (Phi) is 7.88. The molecule has 0 radical (unpaired) electrons. The summed E-state index contributed by atoms with van der Waals surface area (Å²) in [5, 5.41) is 0. The van der Waals surface area contributed by atoms with Gasteiger partial charge in [-0.25, -0.2) is 0 Å². The van der Waals surface area contributed by atoms with Gasteiger partial charge in [-0.2, -0.15) is 0 Å². The van der Waals surface area contributed by atoms with Gasteiger partial charge in [0.25, 0.3) is 0 Å². The summed E-state index contributed by atoms with van der Waals surface area (Å²) in [5.74, 6) is 0. The quantitative estimate of drug-likeness (QED) is 0.424. The van der Waals surface area contributed by atoms with Crippen LogP contribution in [0.5, 0.6) is 0 Å². The fraction of sp³-hybridized carbons (Fsp3) is 0.333. The molecule has 22 heavy (non-hydrogen) atoms. The second-order valence-corrected chi connectivity index (χ2v) is 6.89. The molecule has 0 atom stereocenters. The van der Waals surface area contributed by atoms with E-state index in [0.29, 0.717) is 0 Å². The molecule has 2 rings (SSSR count). The molecule has 0 fully saturated rings. The Morgan fingerprint density at radius 2 is 1.00 bits per heavy atom. The molecule has 0 aromatic heterocycles. The van der Waals surface area contributed by atoms with Gasteiger partial charge in [0.1, 0.15) is 0 Å². The minimum Gasteiger partial charge on any atom is -0.310 e. The Morgan fingerprint density at radius 3 is 1.36 bits per heavy atom. The standard InChI is InChI=1S/C18H22O2S2/c1-15-5-9-17(10-6-15)21-19-13-3-4-14-20-22-18-11-7-16(2)8-12-18/h5-12H,3-4,13-14H2,1-2H3. The number of benzene rings is 2. The van der Waals surface area contributed by atoms with E-state index in [1.807, 2.05) is 0 Å². The molecular weight excluding hydrogens is 312 g/mol. The van der Waals surface area contributed by atoms with Crippen molar-refractivity contribution in [1.29, 1.82) is 0 Å². The highest BCUT2D eigenvalue weighted by Gasteiger charge is 1.97. The first-order chi connectivity index (χ1) is 10.7. The summed E-state index contributed by atoms with van der Waals surface area (Å²) in [6, 6.07) is 16.7. The molecule has 0 saturated heterocycles. The van der Waals surface area contributed by atoms with Crippen LogP contribution in [0.3, 0.4) is 0 Å². The highest BCUT2D eigenvalue weighted by atomic mass is 32.2. The van der Waals surface area contributed by atoms with E-state index in [0.717, 1.165) is 35.8 Å². The Labute approximate surface area is 142 Å². The lowest BCUT2D eigenvalue weighted by molar-refractivity contribution is 0.313. The number of rotatable bonds is 9. The van der Waals surface area contributed by atoms with Crippen LogP contribution >= 0.6 is 24.1 Å². The zero-order valence-electron chi connectivity index (χ0n) is 13.1. The minimum atomic E-state index is 0.747. The minimum absolute atomic E-state index is 0.747. The van der Waals surface area contributed by atoms with Crippen LogP contribution in [0.25, 0.3) is 0 Å². The Bertz CT molecular complexity index is 487. The highest BCUT2D eigenvalue weighted by molar-refractivity contribution is 7.94. The average Bonchev–Trinajstić information content (AvgIpc) is 2.53. The highest BCUT2D eigenvalue weighted by Crippen LogP contribution is 2.21. The van der Waals surface area contributed by atoms with E-state index >= 15 is 0 Å². The normalized spacial score (nSPS) is 10.8. The molecule has 0 saturated carbocycles. The molecule has 118 valence electrons. The topological polar surface area (TPSA) is 18.5 Å². The summed E-state index contributed by atoms with van der Waals surface area (Å²) in [4.78, 5) is 2.30. The maximum atomic E-state index is 5.59. The second-order valence-electron chi connectivity index (χ2n) is 5.14. The van der Waals surface area contributed by atoms with Gasteiger partial charge in [0.15, 0.2) is 0 Å². The van der Waals surface area contributed by atoms with E-state index in [-0.39, 0.29) is 0 Å². The van der Waals surface area contributed by atoms with Crippen molar-refractivity contribution < 1.29 is 8.37 Å². The smallest absolute Gasteiger partial charge is 0.0619 e. The third-order valence-corrected chi connectivity index (χ3v) is 4.56. The maximum Gasteiger partial charge on any atom is 0.0619 e. The zero-order valence-corrected chi connectivity index (χ0v) is 14.7. The van der Waals surface area contributed by atoms with E-state index in [1.165, 1.54) is 35.2 Å². The van der Waals surface area contributed by atoms with Crippen LogP contribution in [0.2, 0.25) is 0 Å². The van der Waals surface area contributed by atoms with Crippen LogP contribution in [0.15, 0.2) is 58.3 Å². The summed E-state index contributed by atoms with van der Waals surface area (Å²) in [5.41, 5.74) is 2.54. The van der Waals surface area contributed by atoms with Gasteiger partial charge in [0.05, 0.1) is 13.2 Å². The largest absolute Gasteiger partial charge is 0.310 e. The molecule has 0 bridgehead atoms. The number of hydrogen-bond acceptors (Lipinski definition) is 4. The summed E-state index contributed by atoms with van der Waals surface area (Å²) in [7, 11) is 0. The maximum absolute atomic E-state index is 5.59. The molecule has 0 amide bonds. The van der Waals surface area contributed by atoms with Crippen LogP contribution in [0.1, 0.15) is 24.0 Å². The molecule has 0 heterocycles. The molecule has 4 heteroatoms. The van der Waals surface area contributed by atoms with Crippen LogP contribution in [-0.4, -0.2) is 13.2 Å². The molecular formula is C18H22O2S2. The first-order valence-corrected chi connectivity index (χ1v) is 8.94. The van der Waals surface area contributed by atoms with Crippen LogP contribution in [-0.2, 0) is 8.37 Å². The van der Waals surface area contributed by atoms with E-state index in [4.69, 9.17) is 8.37 Å². The fourth-order valence-corrected chi connectivity index (χ4v) is 2.90. The molecule has 0 aliphatic heterocycles. The molecule has 0 aliphatic carbocycles. The SMILES string of the molecule is Cc1ccc(SOCCCCOSc2ccc(C)cc2)cc1. The van der Waals surface area contributed by atoms with Gasteiger partial charge < -0.3 is 8.37 Å². The van der Waals surface area contributed by atoms with Crippen molar-refractivity contribution in [2.24, 2.45) is 0 Å². The first-order valence-electron chi connectivity index (χ1n) is 7.46. The van der Waals surface area contributed by atoms with E-state index < -0.39 is 0 Å². The Hall–Kier alpha value is -0.940. The lowest BCUT2D eigenvalue weighted by Gasteiger charge is -2.04. The number of aryl methyl sites for hydroxylation is 2. The first kappa shape index (κ1) is 17.4. The molecule has 0 N–H and O–H groups in total. The molecule has 0 spiro atoms. The molecule has 2 nitrogen and oxygen atoms in total. The van der Waals surface area contributed by atoms with Crippen molar-refractivity contribution in [2.45, 2.75) is 36.5 Å². The van der Waals surface area contributed by atoms with Gasteiger partial charge in [-0.1, -0.05) is 35.4 Å².